The van der Waals surface area contributed by atoms with E-state index in [1.165, 1.54) is 5.56 Å². The Morgan fingerprint density at radius 3 is 2.91 bits per heavy atom. The number of fused-ring (bicyclic) bond motifs is 2. The summed E-state index contributed by atoms with van der Waals surface area (Å²) >= 11 is 0. The van der Waals surface area contributed by atoms with Crippen molar-refractivity contribution in [2.24, 2.45) is 0 Å². The van der Waals surface area contributed by atoms with Crippen LogP contribution in [-0.2, 0) is 17.6 Å². The van der Waals surface area contributed by atoms with Crippen molar-refractivity contribution >= 4 is 17.2 Å². The minimum absolute atomic E-state index is 0.112. The van der Waals surface area contributed by atoms with E-state index in [4.69, 9.17) is 0 Å². The Balaban J connectivity index is 1.62. The minimum atomic E-state index is 0.112. The predicted octanol–water partition coefficient (Wildman–Crippen LogP) is 2.85. The quantitative estimate of drug-likeness (QED) is 0.728. The zero-order valence-corrected chi connectivity index (χ0v) is 12.4. The van der Waals surface area contributed by atoms with Gasteiger partial charge in [-0.3, -0.25) is 4.79 Å². The molecule has 110 valence electrons. The van der Waals surface area contributed by atoms with Crippen molar-refractivity contribution in [3.05, 3.63) is 66.1 Å². The average Bonchev–Trinajstić information content (AvgIpc) is 3.05. The fourth-order valence-corrected chi connectivity index (χ4v) is 3.26. The third kappa shape index (κ3) is 2.08. The fraction of sp³-hybridized carbons (Fsp3) is 0.222. The number of rotatable bonds is 2. The van der Waals surface area contributed by atoms with E-state index >= 15 is 0 Å². The summed E-state index contributed by atoms with van der Waals surface area (Å²) < 4.78 is 1.95. The maximum absolute atomic E-state index is 12.7. The van der Waals surface area contributed by atoms with Gasteiger partial charge in [-0.05, 0) is 37.1 Å². The highest BCUT2D eigenvalue weighted by Gasteiger charge is 2.30. The monoisotopic (exact) mass is 291 g/mol. The second kappa shape index (κ2) is 4.98. The van der Waals surface area contributed by atoms with Gasteiger partial charge in [0.15, 0.2) is 0 Å². The van der Waals surface area contributed by atoms with Crippen molar-refractivity contribution in [2.45, 2.75) is 25.8 Å². The summed E-state index contributed by atoms with van der Waals surface area (Å²) in [4.78, 5) is 19.2. The molecule has 1 aliphatic rings. The number of para-hydroxylation sites is 1. The first kappa shape index (κ1) is 13.1. The molecule has 4 heteroatoms. The van der Waals surface area contributed by atoms with Crippen LogP contribution in [0.15, 0.2) is 54.9 Å². The minimum Gasteiger partial charge on any atom is -0.309 e. The lowest BCUT2D eigenvalue weighted by molar-refractivity contribution is -0.118. The van der Waals surface area contributed by atoms with Crippen LogP contribution in [0.1, 0.15) is 18.2 Å². The van der Waals surface area contributed by atoms with Crippen LogP contribution in [0.25, 0.3) is 5.65 Å². The average molecular weight is 291 g/mol. The molecule has 1 unspecified atom stereocenters. The molecule has 0 radical (unpaired) electrons. The number of hydrogen-bond acceptors (Lipinski definition) is 2. The molecule has 0 spiro atoms. The van der Waals surface area contributed by atoms with E-state index in [9.17, 15) is 4.79 Å². The van der Waals surface area contributed by atoms with E-state index in [0.717, 1.165) is 23.4 Å². The van der Waals surface area contributed by atoms with E-state index in [2.05, 4.69) is 18.0 Å². The summed E-state index contributed by atoms with van der Waals surface area (Å²) in [5, 5.41) is 0. The number of aromatic nitrogens is 2. The third-order valence-corrected chi connectivity index (χ3v) is 4.22. The molecule has 1 aliphatic heterocycles. The molecule has 1 amide bonds. The number of hydrogen-bond donors (Lipinski definition) is 0. The van der Waals surface area contributed by atoms with E-state index in [-0.39, 0.29) is 11.9 Å². The standard InChI is InChI=1S/C18H17N3O/c1-13-10-14-6-2-3-7-16(14)21(13)18(22)11-15-12-20-9-5-4-8-17(20)19-15/h2-9,12-13H,10-11H2,1H3. The molecule has 0 saturated carbocycles. The fourth-order valence-electron chi connectivity index (χ4n) is 3.26. The van der Waals surface area contributed by atoms with Gasteiger partial charge < -0.3 is 9.30 Å². The van der Waals surface area contributed by atoms with Gasteiger partial charge in [0, 0.05) is 24.1 Å². The van der Waals surface area contributed by atoms with Crippen LogP contribution >= 0.6 is 0 Å². The van der Waals surface area contributed by atoms with Gasteiger partial charge in [-0.2, -0.15) is 0 Å². The van der Waals surface area contributed by atoms with Crippen molar-refractivity contribution in [1.82, 2.24) is 9.38 Å². The topological polar surface area (TPSA) is 37.6 Å². The van der Waals surface area contributed by atoms with Gasteiger partial charge >= 0.3 is 0 Å². The summed E-state index contributed by atoms with van der Waals surface area (Å²) in [5.41, 5.74) is 3.98. The van der Waals surface area contributed by atoms with Crippen molar-refractivity contribution in [1.29, 1.82) is 0 Å². The van der Waals surface area contributed by atoms with Gasteiger partial charge in [-0.1, -0.05) is 24.3 Å². The molecule has 4 rings (SSSR count). The van der Waals surface area contributed by atoms with Crippen LogP contribution in [-0.4, -0.2) is 21.3 Å². The van der Waals surface area contributed by atoms with Gasteiger partial charge in [-0.25, -0.2) is 4.98 Å². The Hall–Kier alpha value is -2.62. The number of imidazole rings is 1. The summed E-state index contributed by atoms with van der Waals surface area (Å²) in [5.74, 6) is 0.112. The van der Waals surface area contributed by atoms with Crippen LogP contribution in [0, 0.1) is 0 Å². The summed E-state index contributed by atoms with van der Waals surface area (Å²) in [6.45, 7) is 2.10. The van der Waals surface area contributed by atoms with Crippen LogP contribution in [0.4, 0.5) is 5.69 Å². The molecule has 2 aromatic heterocycles. The zero-order chi connectivity index (χ0) is 15.1. The zero-order valence-electron chi connectivity index (χ0n) is 12.4. The maximum atomic E-state index is 12.7. The van der Waals surface area contributed by atoms with Crippen LogP contribution in [0.2, 0.25) is 0 Å². The largest absolute Gasteiger partial charge is 0.309 e. The first-order valence-corrected chi connectivity index (χ1v) is 7.55. The molecule has 0 saturated heterocycles. The molecule has 3 heterocycles. The lowest BCUT2D eigenvalue weighted by Crippen LogP contribution is -2.36. The first-order valence-electron chi connectivity index (χ1n) is 7.55. The molecule has 0 aliphatic carbocycles. The molecule has 1 atom stereocenters. The van der Waals surface area contributed by atoms with Gasteiger partial charge in [0.25, 0.3) is 0 Å². The van der Waals surface area contributed by atoms with Crippen LogP contribution in [0.5, 0.6) is 0 Å². The molecule has 22 heavy (non-hydrogen) atoms. The second-order valence-corrected chi connectivity index (χ2v) is 5.82. The second-order valence-electron chi connectivity index (χ2n) is 5.82. The molecule has 0 N–H and O–H groups in total. The molecule has 4 nitrogen and oxygen atoms in total. The van der Waals surface area contributed by atoms with E-state index < -0.39 is 0 Å². The number of carbonyl (C=O) groups excluding carboxylic acids is 1. The van der Waals surface area contributed by atoms with Gasteiger partial charge in [-0.15, -0.1) is 0 Å². The molecule has 1 aromatic carbocycles. The highest BCUT2D eigenvalue weighted by atomic mass is 16.2. The van der Waals surface area contributed by atoms with Crippen LogP contribution < -0.4 is 4.90 Å². The van der Waals surface area contributed by atoms with E-state index in [1.807, 2.05) is 58.1 Å². The van der Waals surface area contributed by atoms with Gasteiger partial charge in [0.05, 0.1) is 12.1 Å². The summed E-state index contributed by atoms with van der Waals surface area (Å²) in [7, 11) is 0. The molecule has 3 aromatic rings. The van der Waals surface area contributed by atoms with E-state index in [1.54, 1.807) is 0 Å². The molecule has 0 bridgehead atoms. The number of benzene rings is 1. The molecular weight excluding hydrogens is 274 g/mol. The Kier molecular flexibility index (Phi) is 2.96. The van der Waals surface area contributed by atoms with E-state index in [0.29, 0.717) is 6.42 Å². The maximum Gasteiger partial charge on any atom is 0.233 e. The SMILES string of the molecule is CC1Cc2ccccc2N1C(=O)Cc1cn2ccccc2n1. The Labute approximate surface area is 129 Å². The summed E-state index contributed by atoms with van der Waals surface area (Å²) in [6.07, 6.45) is 5.14. The highest BCUT2D eigenvalue weighted by Crippen LogP contribution is 2.32. The lowest BCUT2D eigenvalue weighted by atomic mass is 10.1. The number of pyridine rings is 1. The van der Waals surface area contributed by atoms with Crippen molar-refractivity contribution in [2.75, 3.05) is 4.90 Å². The normalized spacial score (nSPS) is 17.0. The molecule has 0 fully saturated rings. The summed E-state index contributed by atoms with van der Waals surface area (Å²) in [6, 6.07) is 14.2. The smallest absolute Gasteiger partial charge is 0.233 e. The first-order chi connectivity index (χ1) is 10.7. The Morgan fingerprint density at radius 2 is 2.05 bits per heavy atom. The number of carbonyl (C=O) groups is 1. The van der Waals surface area contributed by atoms with Gasteiger partial charge in [0.1, 0.15) is 5.65 Å². The highest BCUT2D eigenvalue weighted by molar-refractivity contribution is 5.97. The number of nitrogens with zero attached hydrogens (tertiary/aromatic N) is 3. The van der Waals surface area contributed by atoms with Crippen molar-refractivity contribution in [3.8, 4) is 0 Å². The molecular formula is C18H17N3O. The number of amides is 1. The van der Waals surface area contributed by atoms with Crippen molar-refractivity contribution in [3.63, 3.8) is 0 Å². The Morgan fingerprint density at radius 1 is 1.23 bits per heavy atom. The lowest BCUT2D eigenvalue weighted by Gasteiger charge is -2.22. The number of anilines is 1. The van der Waals surface area contributed by atoms with Gasteiger partial charge in [0.2, 0.25) is 5.91 Å². The predicted molar refractivity (Wildman–Crippen MR) is 86.0 cm³/mol. The van der Waals surface area contributed by atoms with Crippen molar-refractivity contribution < 1.29 is 4.79 Å². The third-order valence-electron chi connectivity index (χ3n) is 4.22. The Bertz CT molecular complexity index is 819. The van der Waals surface area contributed by atoms with Crippen LogP contribution in [0.3, 0.4) is 0 Å².